The molecular formula is C33H31ClN4O7. The minimum atomic E-state index is -0.330. The molecule has 0 fully saturated rings. The largest absolute Gasteiger partial charge is 0.507 e. The van der Waals surface area contributed by atoms with Gasteiger partial charge in [-0.25, -0.2) is 4.98 Å². The number of carbonyl (C=O) groups excluding carboxylic acids is 2. The van der Waals surface area contributed by atoms with Gasteiger partial charge >= 0.3 is 0 Å². The van der Waals surface area contributed by atoms with Crippen LogP contribution in [0, 0.1) is 0 Å². The second-order valence-electron chi connectivity index (χ2n) is 10.5. The lowest BCUT2D eigenvalue weighted by Gasteiger charge is -2.18. The van der Waals surface area contributed by atoms with Crippen molar-refractivity contribution >= 4 is 56.6 Å². The number of aromatic hydroxyl groups is 1. The van der Waals surface area contributed by atoms with Gasteiger partial charge < -0.3 is 39.6 Å². The lowest BCUT2D eigenvalue weighted by Crippen LogP contribution is -2.30. The van der Waals surface area contributed by atoms with Crippen LogP contribution in [0.4, 0.5) is 11.4 Å². The summed E-state index contributed by atoms with van der Waals surface area (Å²) in [5.41, 5.74) is 3.11. The number of pyridine rings is 1. The van der Waals surface area contributed by atoms with Crippen molar-refractivity contribution in [2.75, 3.05) is 56.2 Å². The fraction of sp³-hybridized carbons (Fsp3) is 0.242. The van der Waals surface area contributed by atoms with Gasteiger partial charge in [0.05, 0.1) is 44.5 Å². The summed E-state index contributed by atoms with van der Waals surface area (Å²) in [7, 11) is 1.57. The fourth-order valence-corrected chi connectivity index (χ4v) is 5.86. The molecule has 12 heteroatoms. The van der Waals surface area contributed by atoms with Crippen LogP contribution in [-0.4, -0.2) is 78.0 Å². The van der Waals surface area contributed by atoms with Gasteiger partial charge in [0.1, 0.15) is 35.2 Å². The number of hydrogen-bond donors (Lipinski definition) is 4. The zero-order chi connectivity index (χ0) is 31.5. The summed E-state index contributed by atoms with van der Waals surface area (Å²) >= 11 is 6.39. The quantitative estimate of drug-likeness (QED) is 0.117. The highest BCUT2D eigenvalue weighted by molar-refractivity contribution is 6.19. The molecule has 1 aliphatic rings. The number of alkyl halides is 1. The summed E-state index contributed by atoms with van der Waals surface area (Å²) in [6.07, 6.45) is 1.51. The molecule has 1 aliphatic heterocycles. The number of phenolic OH excluding ortho intramolecular Hbond substituents is 1. The third-order valence-corrected chi connectivity index (χ3v) is 8.05. The Hall–Kier alpha value is -4.84. The molecule has 0 spiro atoms. The third kappa shape index (κ3) is 5.97. The Kier molecular flexibility index (Phi) is 8.74. The van der Waals surface area contributed by atoms with Crippen LogP contribution < -0.4 is 19.7 Å². The number of phenols is 1. The Balaban J connectivity index is 1.19. The average molecular weight is 631 g/mol. The molecule has 5 aromatic rings. The Labute approximate surface area is 263 Å². The molecule has 0 radical (unpaired) electrons. The van der Waals surface area contributed by atoms with Crippen molar-refractivity contribution in [1.29, 1.82) is 0 Å². The molecule has 0 saturated carbocycles. The highest BCUT2D eigenvalue weighted by Gasteiger charge is 2.36. The number of nitrogens with zero attached hydrogens (tertiary/aromatic N) is 2. The van der Waals surface area contributed by atoms with Crippen molar-refractivity contribution in [3.63, 3.8) is 0 Å². The van der Waals surface area contributed by atoms with Gasteiger partial charge in [0.25, 0.3) is 11.8 Å². The van der Waals surface area contributed by atoms with E-state index < -0.39 is 0 Å². The molecule has 3 aromatic carbocycles. The fourth-order valence-electron chi connectivity index (χ4n) is 5.61. The summed E-state index contributed by atoms with van der Waals surface area (Å²) in [6.45, 7) is 1.22. The van der Waals surface area contributed by atoms with E-state index in [0.717, 1.165) is 10.9 Å². The van der Waals surface area contributed by atoms with Gasteiger partial charge in [0.15, 0.2) is 0 Å². The second-order valence-corrected chi connectivity index (χ2v) is 10.8. The number of fused-ring (bicyclic) bond motifs is 4. The summed E-state index contributed by atoms with van der Waals surface area (Å²) in [4.78, 5) is 35.8. The number of aliphatic hydroxyl groups is 1. The van der Waals surface area contributed by atoms with Crippen LogP contribution in [0.15, 0.2) is 66.9 Å². The van der Waals surface area contributed by atoms with E-state index in [4.69, 9.17) is 30.9 Å². The van der Waals surface area contributed by atoms with Crippen molar-refractivity contribution in [3.8, 4) is 17.2 Å². The van der Waals surface area contributed by atoms with Gasteiger partial charge in [-0.1, -0.05) is 12.1 Å². The smallest absolute Gasteiger partial charge is 0.274 e. The number of benzene rings is 3. The van der Waals surface area contributed by atoms with Gasteiger partial charge in [-0.15, -0.1) is 11.6 Å². The summed E-state index contributed by atoms with van der Waals surface area (Å²) in [6, 6.07) is 17.1. The Morgan fingerprint density at radius 2 is 1.93 bits per heavy atom. The van der Waals surface area contributed by atoms with Gasteiger partial charge in [-0.3, -0.25) is 9.59 Å². The molecule has 0 bridgehead atoms. The van der Waals surface area contributed by atoms with E-state index in [1.807, 2.05) is 12.1 Å². The monoisotopic (exact) mass is 630 g/mol. The molecule has 11 nitrogen and oxygen atoms in total. The van der Waals surface area contributed by atoms with Crippen molar-refractivity contribution in [2.45, 2.75) is 5.92 Å². The normalized spacial score (nSPS) is 14.1. The Morgan fingerprint density at radius 3 is 2.69 bits per heavy atom. The number of aromatic nitrogens is 2. The number of carbonyl (C=O) groups is 2. The number of aromatic amines is 1. The Morgan fingerprint density at radius 1 is 1.11 bits per heavy atom. The number of halogens is 1. The van der Waals surface area contributed by atoms with E-state index in [2.05, 4.69) is 15.3 Å². The predicted molar refractivity (Wildman–Crippen MR) is 171 cm³/mol. The zero-order valence-corrected chi connectivity index (χ0v) is 25.1. The van der Waals surface area contributed by atoms with Crippen molar-refractivity contribution in [1.82, 2.24) is 9.97 Å². The van der Waals surface area contributed by atoms with Crippen LogP contribution in [0.5, 0.6) is 17.2 Å². The van der Waals surface area contributed by atoms with Crippen LogP contribution in [0.2, 0.25) is 0 Å². The first-order valence-corrected chi connectivity index (χ1v) is 14.9. The summed E-state index contributed by atoms with van der Waals surface area (Å²) in [5.74, 6) is 0.710. The maximum absolute atomic E-state index is 13.8. The first kappa shape index (κ1) is 30.2. The van der Waals surface area contributed by atoms with Gasteiger partial charge in [-0.2, -0.15) is 0 Å². The van der Waals surface area contributed by atoms with Gasteiger partial charge in [0.2, 0.25) is 0 Å². The SMILES string of the molecule is COc1cccc2c(O)cc3c(c12)[C@H](CCl)CN3C(=O)c1cc2cc(NC(=O)c3ccc(OCCOCCO)cc3)cnc2[nH]1. The average Bonchev–Trinajstić information content (AvgIpc) is 3.65. The summed E-state index contributed by atoms with van der Waals surface area (Å²) < 4.78 is 16.3. The molecule has 0 aliphatic carbocycles. The molecule has 3 heterocycles. The number of anilines is 2. The first-order chi connectivity index (χ1) is 21.9. The van der Waals surface area contributed by atoms with E-state index in [1.165, 1.54) is 6.20 Å². The predicted octanol–water partition coefficient (Wildman–Crippen LogP) is 5.05. The van der Waals surface area contributed by atoms with Gasteiger partial charge in [0, 0.05) is 46.1 Å². The lowest BCUT2D eigenvalue weighted by molar-refractivity contribution is 0.0705. The standard InChI is InChI=1S/C33H31ClN4O7/c1-43-28-4-2-3-24-27(40)15-26-29(30(24)28)21(16-34)18-38(26)33(42)25-14-20-13-22(17-35-31(20)37-25)36-32(41)19-5-7-23(8-6-19)45-12-11-44-10-9-39/h2-8,13-15,17,21,39-40H,9-12,16,18H2,1H3,(H,35,37)(H,36,41)/t21-/m1/s1. The minimum absolute atomic E-state index is 0.0420. The van der Waals surface area contributed by atoms with E-state index in [9.17, 15) is 14.7 Å². The maximum Gasteiger partial charge on any atom is 0.274 e. The molecule has 0 unspecified atom stereocenters. The molecule has 4 N–H and O–H groups in total. The molecule has 0 saturated heterocycles. The maximum atomic E-state index is 13.8. The molecule has 2 aromatic heterocycles. The Bertz CT molecular complexity index is 1880. The highest BCUT2D eigenvalue weighted by Crippen LogP contribution is 2.48. The topological polar surface area (TPSA) is 146 Å². The van der Waals surface area contributed by atoms with E-state index in [-0.39, 0.29) is 42.6 Å². The van der Waals surface area contributed by atoms with Crippen LogP contribution in [-0.2, 0) is 4.74 Å². The molecule has 1 atom stereocenters. The van der Waals surface area contributed by atoms with E-state index >= 15 is 0 Å². The van der Waals surface area contributed by atoms with Crippen molar-refractivity contribution < 1.29 is 34.0 Å². The number of hydrogen-bond acceptors (Lipinski definition) is 8. The minimum Gasteiger partial charge on any atom is -0.507 e. The molecule has 6 rings (SSSR count). The third-order valence-electron chi connectivity index (χ3n) is 7.68. The molecule has 2 amide bonds. The number of methoxy groups -OCH3 is 1. The zero-order valence-electron chi connectivity index (χ0n) is 24.4. The van der Waals surface area contributed by atoms with Crippen LogP contribution in [0.3, 0.4) is 0 Å². The number of H-pyrrole nitrogens is 1. The molecular weight excluding hydrogens is 600 g/mol. The summed E-state index contributed by atoms with van der Waals surface area (Å²) in [5, 5.41) is 24.5. The number of ether oxygens (including phenoxy) is 3. The number of rotatable bonds is 11. The number of aliphatic hydroxyl groups excluding tert-OH is 1. The van der Waals surface area contributed by atoms with Crippen molar-refractivity contribution in [3.05, 3.63) is 83.7 Å². The lowest BCUT2D eigenvalue weighted by atomic mass is 9.94. The molecule has 232 valence electrons. The number of nitrogens with one attached hydrogen (secondary N) is 2. The van der Waals surface area contributed by atoms with Crippen molar-refractivity contribution in [2.24, 2.45) is 0 Å². The second kappa shape index (κ2) is 13.0. The van der Waals surface area contributed by atoms with Crippen LogP contribution in [0.25, 0.3) is 21.8 Å². The highest BCUT2D eigenvalue weighted by atomic mass is 35.5. The van der Waals surface area contributed by atoms with Gasteiger partial charge in [-0.05, 0) is 48.0 Å². The van der Waals surface area contributed by atoms with E-state index in [1.54, 1.807) is 60.5 Å². The molecule has 45 heavy (non-hydrogen) atoms. The van der Waals surface area contributed by atoms with Crippen LogP contribution in [0.1, 0.15) is 32.3 Å². The van der Waals surface area contributed by atoms with Crippen LogP contribution >= 0.6 is 11.6 Å². The number of amides is 2. The van der Waals surface area contributed by atoms with E-state index in [0.29, 0.717) is 70.3 Å². The first-order valence-electron chi connectivity index (χ1n) is 14.3.